The summed E-state index contributed by atoms with van der Waals surface area (Å²) in [5.41, 5.74) is 0. The van der Waals surface area contributed by atoms with Gasteiger partial charge in [0, 0.05) is 6.92 Å². The number of ether oxygens (including phenoxy) is 1. The number of carbonyl (C=O) groups is 1. The highest BCUT2D eigenvalue weighted by molar-refractivity contribution is 7.86. The van der Waals surface area contributed by atoms with Crippen molar-refractivity contribution in [2.24, 2.45) is 0 Å². The third-order valence-corrected chi connectivity index (χ3v) is 2.28. The lowest BCUT2D eigenvalue weighted by Crippen LogP contribution is -2.24. The van der Waals surface area contributed by atoms with Crippen molar-refractivity contribution in [2.45, 2.75) is 39.2 Å². The zero-order chi connectivity index (χ0) is 11.9. The number of hydrogen-bond donors (Lipinski definition) is 0. The topological polar surface area (TPSA) is 69.7 Å². The van der Waals surface area contributed by atoms with E-state index < -0.39 is 22.2 Å². The van der Waals surface area contributed by atoms with Crippen LogP contribution in [-0.2, 0) is 23.8 Å². The molecule has 1 atom stereocenters. The fourth-order valence-corrected chi connectivity index (χ4v) is 1.69. The molecule has 0 spiro atoms. The molecule has 15 heavy (non-hydrogen) atoms. The Hall–Kier alpha value is -0.620. The van der Waals surface area contributed by atoms with Gasteiger partial charge in [0.1, 0.15) is 12.7 Å². The molecule has 0 fully saturated rings. The Morgan fingerprint density at radius 3 is 2.40 bits per heavy atom. The van der Waals surface area contributed by atoms with Crippen LogP contribution in [0.4, 0.5) is 0 Å². The Morgan fingerprint density at radius 1 is 1.40 bits per heavy atom. The molecule has 90 valence electrons. The first-order chi connectivity index (χ1) is 6.85. The van der Waals surface area contributed by atoms with Gasteiger partial charge >= 0.3 is 5.97 Å². The van der Waals surface area contributed by atoms with Crippen LogP contribution in [0, 0.1) is 0 Å². The molecule has 5 nitrogen and oxygen atoms in total. The molecule has 0 saturated carbocycles. The first-order valence-electron chi connectivity index (χ1n) is 4.86. The number of carbonyl (C=O) groups excluding carboxylic acids is 1. The summed E-state index contributed by atoms with van der Waals surface area (Å²) in [5.74, 6) is -0.436. The molecule has 0 aromatic rings. The normalized spacial score (nSPS) is 13.5. The summed E-state index contributed by atoms with van der Waals surface area (Å²) in [7, 11) is -3.49. The molecule has 0 aliphatic rings. The Balaban J connectivity index is 4.12. The minimum absolute atomic E-state index is 0.0115. The molecular weight excluding hydrogens is 220 g/mol. The van der Waals surface area contributed by atoms with Crippen LogP contribution in [0.5, 0.6) is 0 Å². The van der Waals surface area contributed by atoms with Gasteiger partial charge in [-0.25, -0.2) is 0 Å². The zero-order valence-corrected chi connectivity index (χ0v) is 10.2. The van der Waals surface area contributed by atoms with Gasteiger partial charge in [0.25, 0.3) is 10.1 Å². The molecule has 0 amide bonds. The Labute approximate surface area is 90.9 Å². The van der Waals surface area contributed by atoms with Crippen LogP contribution in [-0.4, -0.2) is 33.4 Å². The van der Waals surface area contributed by atoms with E-state index in [2.05, 4.69) is 0 Å². The van der Waals surface area contributed by atoms with Gasteiger partial charge < -0.3 is 4.74 Å². The van der Waals surface area contributed by atoms with E-state index in [1.807, 2.05) is 6.92 Å². The number of unbranched alkanes of at least 4 members (excludes halogenated alkanes) is 1. The number of esters is 1. The van der Waals surface area contributed by atoms with Gasteiger partial charge in [-0.2, -0.15) is 8.42 Å². The Kier molecular flexibility index (Phi) is 6.51. The van der Waals surface area contributed by atoms with Crippen LogP contribution < -0.4 is 0 Å². The summed E-state index contributed by atoms with van der Waals surface area (Å²) < 4.78 is 31.3. The molecule has 0 N–H and O–H groups in total. The monoisotopic (exact) mass is 238 g/mol. The summed E-state index contributed by atoms with van der Waals surface area (Å²) in [6.07, 6.45) is 2.76. The van der Waals surface area contributed by atoms with Gasteiger partial charge in [-0.3, -0.25) is 8.98 Å². The molecule has 0 radical (unpaired) electrons. The van der Waals surface area contributed by atoms with Crippen molar-refractivity contribution in [1.29, 1.82) is 0 Å². The average molecular weight is 238 g/mol. The van der Waals surface area contributed by atoms with Gasteiger partial charge in [0.05, 0.1) is 6.26 Å². The van der Waals surface area contributed by atoms with E-state index in [0.29, 0.717) is 6.42 Å². The SMILES string of the molecule is CCCCC(COC(C)=O)OS(C)(=O)=O. The highest BCUT2D eigenvalue weighted by Gasteiger charge is 2.16. The third kappa shape index (κ3) is 9.68. The summed E-state index contributed by atoms with van der Waals surface area (Å²) in [4.78, 5) is 10.6. The summed E-state index contributed by atoms with van der Waals surface area (Å²) in [6, 6.07) is 0. The minimum Gasteiger partial charge on any atom is -0.463 e. The quantitative estimate of drug-likeness (QED) is 0.490. The standard InChI is InChI=1S/C9H18O5S/c1-4-5-6-9(7-13-8(2)10)14-15(3,11)12/h9H,4-7H2,1-3H3. The van der Waals surface area contributed by atoms with Crippen molar-refractivity contribution in [1.82, 2.24) is 0 Å². The molecule has 1 unspecified atom stereocenters. The number of rotatable bonds is 7. The lowest BCUT2D eigenvalue weighted by molar-refractivity contribution is -0.143. The number of hydrogen-bond acceptors (Lipinski definition) is 5. The van der Waals surface area contributed by atoms with E-state index in [1.165, 1.54) is 6.92 Å². The van der Waals surface area contributed by atoms with Crippen molar-refractivity contribution >= 4 is 16.1 Å². The van der Waals surface area contributed by atoms with Crippen molar-refractivity contribution < 1.29 is 22.1 Å². The average Bonchev–Trinajstić information content (AvgIpc) is 2.07. The molecule has 0 saturated heterocycles. The predicted molar refractivity (Wildman–Crippen MR) is 55.9 cm³/mol. The lowest BCUT2D eigenvalue weighted by atomic mass is 10.2. The molecule has 0 bridgehead atoms. The van der Waals surface area contributed by atoms with Crippen LogP contribution in [0.25, 0.3) is 0 Å². The molecule has 0 aliphatic carbocycles. The van der Waals surface area contributed by atoms with Crippen LogP contribution in [0.2, 0.25) is 0 Å². The summed E-state index contributed by atoms with van der Waals surface area (Å²) >= 11 is 0. The maximum atomic E-state index is 10.9. The van der Waals surface area contributed by atoms with Crippen LogP contribution in [0.1, 0.15) is 33.1 Å². The predicted octanol–water partition coefficient (Wildman–Crippen LogP) is 1.08. The molecule has 0 aromatic heterocycles. The van der Waals surface area contributed by atoms with E-state index in [9.17, 15) is 13.2 Å². The summed E-state index contributed by atoms with van der Waals surface area (Å²) in [5, 5.41) is 0. The maximum absolute atomic E-state index is 10.9. The Morgan fingerprint density at radius 2 is 2.00 bits per heavy atom. The van der Waals surface area contributed by atoms with E-state index in [0.717, 1.165) is 19.1 Å². The van der Waals surface area contributed by atoms with Crippen LogP contribution in [0.15, 0.2) is 0 Å². The van der Waals surface area contributed by atoms with Gasteiger partial charge in [0.15, 0.2) is 0 Å². The molecule has 0 aromatic carbocycles. The van der Waals surface area contributed by atoms with E-state index in [1.54, 1.807) is 0 Å². The van der Waals surface area contributed by atoms with Crippen LogP contribution in [0.3, 0.4) is 0 Å². The second kappa shape index (κ2) is 6.79. The maximum Gasteiger partial charge on any atom is 0.302 e. The van der Waals surface area contributed by atoms with Crippen molar-refractivity contribution in [3.63, 3.8) is 0 Å². The molecule has 0 rings (SSSR count). The highest BCUT2D eigenvalue weighted by atomic mass is 32.2. The molecular formula is C9H18O5S. The van der Waals surface area contributed by atoms with Crippen molar-refractivity contribution in [3.8, 4) is 0 Å². The fraction of sp³-hybridized carbons (Fsp3) is 0.889. The van der Waals surface area contributed by atoms with E-state index in [-0.39, 0.29) is 6.61 Å². The third-order valence-electron chi connectivity index (χ3n) is 1.66. The van der Waals surface area contributed by atoms with Crippen molar-refractivity contribution in [3.05, 3.63) is 0 Å². The Bertz CT molecular complexity index is 283. The second-order valence-electron chi connectivity index (χ2n) is 3.37. The summed E-state index contributed by atoms with van der Waals surface area (Å²) in [6.45, 7) is 3.25. The van der Waals surface area contributed by atoms with Crippen LogP contribution >= 0.6 is 0 Å². The second-order valence-corrected chi connectivity index (χ2v) is 4.97. The van der Waals surface area contributed by atoms with Gasteiger partial charge in [0.2, 0.25) is 0 Å². The van der Waals surface area contributed by atoms with Crippen molar-refractivity contribution in [2.75, 3.05) is 12.9 Å². The molecule has 0 heterocycles. The van der Waals surface area contributed by atoms with E-state index in [4.69, 9.17) is 8.92 Å². The zero-order valence-electron chi connectivity index (χ0n) is 9.36. The first-order valence-corrected chi connectivity index (χ1v) is 6.68. The molecule has 6 heteroatoms. The fourth-order valence-electron chi connectivity index (χ4n) is 1.05. The highest BCUT2D eigenvalue weighted by Crippen LogP contribution is 2.08. The van der Waals surface area contributed by atoms with Gasteiger partial charge in [-0.05, 0) is 6.42 Å². The molecule has 0 aliphatic heterocycles. The first kappa shape index (κ1) is 14.4. The van der Waals surface area contributed by atoms with Gasteiger partial charge in [-0.15, -0.1) is 0 Å². The van der Waals surface area contributed by atoms with E-state index >= 15 is 0 Å². The van der Waals surface area contributed by atoms with Gasteiger partial charge in [-0.1, -0.05) is 19.8 Å². The smallest absolute Gasteiger partial charge is 0.302 e. The largest absolute Gasteiger partial charge is 0.463 e. The lowest BCUT2D eigenvalue weighted by Gasteiger charge is -2.15. The minimum atomic E-state index is -3.49.